The molecule has 4 N–H and O–H groups in total. The van der Waals surface area contributed by atoms with Crippen molar-refractivity contribution in [3.8, 4) is 0 Å². The molecule has 100 valence electrons. The van der Waals surface area contributed by atoms with Crippen molar-refractivity contribution < 1.29 is 4.79 Å². The second-order valence-corrected chi connectivity index (χ2v) is 5.80. The second-order valence-electron chi connectivity index (χ2n) is 4.55. The molecule has 0 bridgehead atoms. The highest BCUT2D eigenvalue weighted by Gasteiger charge is 2.15. The van der Waals surface area contributed by atoms with Gasteiger partial charge in [-0.05, 0) is 38.1 Å². The average molecular weight is 268 g/mol. The lowest BCUT2D eigenvalue weighted by Crippen LogP contribution is -2.29. The molecule has 6 heteroatoms. The van der Waals surface area contributed by atoms with Crippen LogP contribution in [0.5, 0.6) is 0 Å². The highest BCUT2D eigenvalue weighted by molar-refractivity contribution is 7.14. The second kappa shape index (κ2) is 6.29. The fourth-order valence-corrected chi connectivity index (χ4v) is 3.10. The molecule has 1 aromatic rings. The summed E-state index contributed by atoms with van der Waals surface area (Å²) >= 11 is 1.51. The van der Waals surface area contributed by atoms with Gasteiger partial charge in [0.05, 0.1) is 4.88 Å². The Bertz CT molecular complexity index is 410. The van der Waals surface area contributed by atoms with Gasteiger partial charge in [-0.3, -0.25) is 15.1 Å². The number of thiophene rings is 1. The van der Waals surface area contributed by atoms with Crippen molar-refractivity contribution >= 4 is 17.2 Å². The molecule has 1 fully saturated rings. The number of nitrogens with two attached hydrogens (primary N) is 1. The standard InChI is InChI=1S/C12H20N4OS/c1-9-10(7-11(18-9)12(17)15-13)8-16-5-2-3-14-4-6-16/h7,14H,2-6,8,13H2,1H3,(H,15,17). The van der Waals surface area contributed by atoms with Gasteiger partial charge >= 0.3 is 0 Å². The molecule has 2 rings (SSSR count). The summed E-state index contributed by atoms with van der Waals surface area (Å²) in [7, 11) is 0. The van der Waals surface area contributed by atoms with E-state index in [-0.39, 0.29) is 5.91 Å². The molecule has 1 aromatic heterocycles. The molecule has 0 atom stereocenters. The quantitative estimate of drug-likeness (QED) is 0.423. The van der Waals surface area contributed by atoms with Gasteiger partial charge in [0.25, 0.3) is 5.91 Å². The van der Waals surface area contributed by atoms with Crippen molar-refractivity contribution in [3.05, 3.63) is 21.4 Å². The molecular formula is C12H20N4OS. The Labute approximate surface area is 111 Å². The van der Waals surface area contributed by atoms with E-state index in [1.807, 2.05) is 6.07 Å². The van der Waals surface area contributed by atoms with Crippen molar-refractivity contribution in [2.45, 2.75) is 19.9 Å². The molecule has 18 heavy (non-hydrogen) atoms. The van der Waals surface area contributed by atoms with E-state index >= 15 is 0 Å². The lowest BCUT2D eigenvalue weighted by atomic mass is 10.2. The van der Waals surface area contributed by atoms with Crippen LogP contribution in [0.3, 0.4) is 0 Å². The normalized spacial score (nSPS) is 17.4. The van der Waals surface area contributed by atoms with Crippen LogP contribution in [0, 0.1) is 6.92 Å². The Morgan fingerprint density at radius 1 is 1.56 bits per heavy atom. The largest absolute Gasteiger partial charge is 0.315 e. The highest BCUT2D eigenvalue weighted by atomic mass is 32.1. The number of hydrazine groups is 1. The maximum atomic E-state index is 11.5. The molecule has 0 saturated carbocycles. The highest BCUT2D eigenvalue weighted by Crippen LogP contribution is 2.23. The van der Waals surface area contributed by atoms with Crippen molar-refractivity contribution in [1.29, 1.82) is 0 Å². The van der Waals surface area contributed by atoms with Gasteiger partial charge in [0.15, 0.2) is 0 Å². The predicted molar refractivity (Wildman–Crippen MR) is 73.5 cm³/mol. The van der Waals surface area contributed by atoms with Gasteiger partial charge in [-0.15, -0.1) is 11.3 Å². The van der Waals surface area contributed by atoms with E-state index in [9.17, 15) is 4.79 Å². The van der Waals surface area contributed by atoms with Crippen LogP contribution in [0.2, 0.25) is 0 Å². The first-order valence-corrected chi connectivity index (χ1v) is 7.05. The molecule has 0 radical (unpaired) electrons. The van der Waals surface area contributed by atoms with Gasteiger partial charge in [0.1, 0.15) is 0 Å². The van der Waals surface area contributed by atoms with Crippen molar-refractivity contribution in [2.75, 3.05) is 26.2 Å². The fraction of sp³-hybridized carbons (Fsp3) is 0.583. The van der Waals surface area contributed by atoms with Crippen LogP contribution in [-0.4, -0.2) is 37.0 Å². The van der Waals surface area contributed by atoms with Crippen LogP contribution in [0.15, 0.2) is 6.07 Å². The Morgan fingerprint density at radius 3 is 3.17 bits per heavy atom. The summed E-state index contributed by atoms with van der Waals surface area (Å²) in [6.07, 6.45) is 1.18. The predicted octanol–water partition coefficient (Wildman–Crippen LogP) is 0.455. The number of rotatable bonds is 3. The van der Waals surface area contributed by atoms with E-state index in [4.69, 9.17) is 5.84 Å². The molecule has 1 saturated heterocycles. The summed E-state index contributed by atoms with van der Waals surface area (Å²) in [6.45, 7) is 7.29. The minimum absolute atomic E-state index is 0.202. The number of nitrogen functional groups attached to an aromatic ring is 1. The van der Waals surface area contributed by atoms with Gasteiger partial charge in [-0.1, -0.05) is 0 Å². The minimum Gasteiger partial charge on any atom is -0.315 e. The number of aryl methyl sites for hydroxylation is 1. The van der Waals surface area contributed by atoms with Crippen molar-refractivity contribution in [1.82, 2.24) is 15.6 Å². The first-order chi connectivity index (χ1) is 8.70. The average Bonchev–Trinajstić information content (AvgIpc) is 2.58. The number of nitrogens with one attached hydrogen (secondary N) is 2. The molecule has 0 unspecified atom stereocenters. The molecule has 1 aliphatic rings. The number of carbonyl (C=O) groups excluding carboxylic acids is 1. The number of hydrogen-bond donors (Lipinski definition) is 3. The van der Waals surface area contributed by atoms with E-state index in [0.717, 1.165) is 32.7 Å². The summed E-state index contributed by atoms with van der Waals surface area (Å²) in [6, 6.07) is 1.96. The van der Waals surface area contributed by atoms with Gasteiger partial charge in [-0.25, -0.2) is 5.84 Å². The molecule has 5 nitrogen and oxygen atoms in total. The lowest BCUT2D eigenvalue weighted by Gasteiger charge is -2.19. The van der Waals surface area contributed by atoms with Gasteiger partial charge in [0.2, 0.25) is 0 Å². The zero-order valence-electron chi connectivity index (χ0n) is 10.7. The van der Waals surface area contributed by atoms with E-state index in [0.29, 0.717) is 4.88 Å². The van der Waals surface area contributed by atoms with E-state index in [1.54, 1.807) is 0 Å². The molecule has 1 aliphatic heterocycles. The van der Waals surface area contributed by atoms with Crippen LogP contribution in [0.1, 0.15) is 26.5 Å². The molecule has 2 heterocycles. The first-order valence-electron chi connectivity index (χ1n) is 6.24. The summed E-state index contributed by atoms with van der Waals surface area (Å²) in [5.41, 5.74) is 3.42. The molecular weight excluding hydrogens is 248 g/mol. The third kappa shape index (κ3) is 3.29. The van der Waals surface area contributed by atoms with E-state index in [2.05, 4.69) is 22.6 Å². The minimum atomic E-state index is -0.202. The maximum Gasteiger partial charge on any atom is 0.275 e. The first kappa shape index (κ1) is 13.5. The van der Waals surface area contributed by atoms with Crippen LogP contribution < -0.4 is 16.6 Å². The molecule has 0 aliphatic carbocycles. The van der Waals surface area contributed by atoms with Crippen LogP contribution in [0.4, 0.5) is 0 Å². The van der Waals surface area contributed by atoms with Crippen LogP contribution in [0.25, 0.3) is 0 Å². The van der Waals surface area contributed by atoms with Gasteiger partial charge in [-0.2, -0.15) is 0 Å². The molecule has 1 amide bonds. The third-order valence-corrected chi connectivity index (χ3v) is 4.29. The van der Waals surface area contributed by atoms with Crippen LogP contribution >= 0.6 is 11.3 Å². The molecule has 0 aromatic carbocycles. The number of carbonyl (C=O) groups is 1. The fourth-order valence-electron chi connectivity index (χ4n) is 2.16. The zero-order valence-corrected chi connectivity index (χ0v) is 11.5. The van der Waals surface area contributed by atoms with Crippen molar-refractivity contribution in [3.63, 3.8) is 0 Å². The third-order valence-electron chi connectivity index (χ3n) is 3.20. The lowest BCUT2D eigenvalue weighted by molar-refractivity contribution is 0.0957. The Hall–Kier alpha value is -0.950. The van der Waals surface area contributed by atoms with Gasteiger partial charge in [0, 0.05) is 24.5 Å². The summed E-state index contributed by atoms with van der Waals surface area (Å²) in [4.78, 5) is 15.8. The SMILES string of the molecule is Cc1sc(C(=O)NN)cc1CN1CCCNCC1. The van der Waals surface area contributed by atoms with Crippen molar-refractivity contribution in [2.24, 2.45) is 5.84 Å². The topological polar surface area (TPSA) is 70.4 Å². The number of hydrogen-bond acceptors (Lipinski definition) is 5. The van der Waals surface area contributed by atoms with E-state index in [1.165, 1.54) is 28.2 Å². The Kier molecular flexibility index (Phi) is 4.71. The van der Waals surface area contributed by atoms with Crippen LogP contribution in [-0.2, 0) is 6.54 Å². The summed E-state index contributed by atoms with van der Waals surface area (Å²) in [5, 5.41) is 3.39. The monoisotopic (exact) mass is 268 g/mol. The van der Waals surface area contributed by atoms with Gasteiger partial charge < -0.3 is 5.32 Å². The zero-order chi connectivity index (χ0) is 13.0. The smallest absolute Gasteiger partial charge is 0.275 e. The Balaban J connectivity index is 2.03. The number of amides is 1. The van der Waals surface area contributed by atoms with E-state index < -0.39 is 0 Å². The summed E-state index contributed by atoms with van der Waals surface area (Å²) in [5.74, 6) is 4.95. The Morgan fingerprint density at radius 2 is 2.39 bits per heavy atom. The summed E-state index contributed by atoms with van der Waals surface area (Å²) < 4.78 is 0. The number of nitrogens with zero attached hydrogens (tertiary/aromatic N) is 1. The molecule has 0 spiro atoms. The maximum absolute atomic E-state index is 11.5.